The molecular weight excluding hydrogens is 355 g/mol. The number of amides is 2. The van der Waals surface area contributed by atoms with E-state index in [2.05, 4.69) is 15.2 Å². The van der Waals surface area contributed by atoms with Gasteiger partial charge in [0.1, 0.15) is 17.1 Å². The Morgan fingerprint density at radius 3 is 2.35 bits per heavy atom. The van der Waals surface area contributed by atoms with Crippen LogP contribution >= 0.6 is 0 Å². The second kappa shape index (κ2) is 7.46. The van der Waals surface area contributed by atoms with Crippen LogP contribution in [0.3, 0.4) is 0 Å². The van der Waals surface area contributed by atoms with E-state index in [-0.39, 0.29) is 17.8 Å². The number of aromatic nitrogens is 1. The minimum absolute atomic E-state index is 0.260. The number of nitrogens with one attached hydrogen (secondary N) is 1. The maximum absolute atomic E-state index is 12.3. The number of carbonyl (C=O) groups is 2. The highest BCUT2D eigenvalue weighted by Crippen LogP contribution is 2.24. The lowest BCUT2D eigenvalue weighted by Crippen LogP contribution is -2.35. The molecule has 0 saturated carbocycles. The van der Waals surface area contributed by atoms with E-state index in [0.717, 1.165) is 12.1 Å². The molecule has 1 N–H and O–H groups in total. The van der Waals surface area contributed by atoms with E-state index < -0.39 is 23.9 Å². The summed E-state index contributed by atoms with van der Waals surface area (Å²) in [6, 6.07) is 4.66. The molecule has 2 amide bonds. The zero-order chi connectivity index (χ0) is 19.5. The number of anilines is 1. The highest BCUT2D eigenvalue weighted by atomic mass is 19.4. The zero-order valence-corrected chi connectivity index (χ0v) is 14.2. The summed E-state index contributed by atoms with van der Waals surface area (Å²) in [6.45, 7) is 2.94. The Balaban J connectivity index is 1.95. The van der Waals surface area contributed by atoms with Gasteiger partial charge in [-0.15, -0.1) is 13.2 Å². The zero-order valence-electron chi connectivity index (χ0n) is 14.2. The molecule has 0 aliphatic carbocycles. The van der Waals surface area contributed by atoms with Crippen LogP contribution in [0.4, 0.5) is 18.9 Å². The number of halogens is 3. The van der Waals surface area contributed by atoms with Crippen molar-refractivity contribution in [3.63, 3.8) is 0 Å². The lowest BCUT2D eigenvalue weighted by atomic mass is 10.2. The van der Waals surface area contributed by atoms with Gasteiger partial charge >= 0.3 is 6.36 Å². The Bertz CT molecular complexity index is 781. The Hall–Kier alpha value is -3.04. The summed E-state index contributed by atoms with van der Waals surface area (Å²) in [5.74, 6) is -0.997. The SMILES string of the molecule is Cc1noc(C)c1C(=O)N(C)CC(=O)Nc1ccc(OC(F)(F)F)cc1. The summed E-state index contributed by atoms with van der Waals surface area (Å²) in [7, 11) is 1.44. The fraction of sp³-hybridized carbons (Fsp3) is 0.312. The summed E-state index contributed by atoms with van der Waals surface area (Å²) in [5, 5.41) is 6.17. The summed E-state index contributed by atoms with van der Waals surface area (Å²) in [5.41, 5.74) is 0.969. The molecule has 0 aliphatic rings. The van der Waals surface area contributed by atoms with Crippen LogP contribution < -0.4 is 10.1 Å². The fourth-order valence-electron chi connectivity index (χ4n) is 2.21. The number of nitrogens with zero attached hydrogens (tertiary/aromatic N) is 2. The van der Waals surface area contributed by atoms with Gasteiger partial charge in [-0.2, -0.15) is 0 Å². The van der Waals surface area contributed by atoms with Gasteiger partial charge in [0.05, 0.1) is 12.2 Å². The van der Waals surface area contributed by atoms with Crippen LogP contribution in [0.5, 0.6) is 5.75 Å². The van der Waals surface area contributed by atoms with Crippen molar-refractivity contribution < 1.29 is 32.0 Å². The van der Waals surface area contributed by atoms with Crippen molar-refractivity contribution in [2.45, 2.75) is 20.2 Å². The van der Waals surface area contributed by atoms with Crippen LogP contribution in [-0.2, 0) is 4.79 Å². The summed E-state index contributed by atoms with van der Waals surface area (Å²) in [6.07, 6.45) is -4.79. The number of aryl methyl sites for hydroxylation is 2. The van der Waals surface area contributed by atoms with Gasteiger partial charge in [0.2, 0.25) is 5.91 Å². The third-order valence-electron chi connectivity index (χ3n) is 3.35. The number of rotatable bonds is 5. The van der Waals surface area contributed by atoms with Crippen molar-refractivity contribution in [3.8, 4) is 5.75 Å². The highest BCUT2D eigenvalue weighted by molar-refractivity contribution is 6.00. The van der Waals surface area contributed by atoms with E-state index in [9.17, 15) is 22.8 Å². The standard InChI is InChI=1S/C16H16F3N3O4/c1-9-14(10(2)26-21-9)15(24)22(3)8-13(23)20-11-4-6-12(7-5-11)25-16(17,18)19/h4-7H,8H2,1-3H3,(H,20,23). The van der Waals surface area contributed by atoms with E-state index in [1.54, 1.807) is 13.8 Å². The van der Waals surface area contributed by atoms with Gasteiger partial charge in [-0.3, -0.25) is 9.59 Å². The Morgan fingerprint density at radius 1 is 1.23 bits per heavy atom. The van der Waals surface area contributed by atoms with Crippen molar-refractivity contribution in [2.75, 3.05) is 18.9 Å². The Kier molecular flexibility index (Phi) is 5.53. The van der Waals surface area contributed by atoms with Gasteiger partial charge in [0.25, 0.3) is 5.91 Å². The molecule has 0 fully saturated rings. The maximum atomic E-state index is 12.3. The first-order valence-electron chi connectivity index (χ1n) is 7.41. The first-order chi connectivity index (χ1) is 12.1. The number of hydrogen-bond acceptors (Lipinski definition) is 5. The topological polar surface area (TPSA) is 84.7 Å². The second-order valence-corrected chi connectivity index (χ2v) is 5.48. The smallest absolute Gasteiger partial charge is 0.406 e. The normalized spacial score (nSPS) is 11.2. The molecule has 0 atom stereocenters. The predicted octanol–water partition coefficient (Wildman–Crippen LogP) is 2.90. The second-order valence-electron chi connectivity index (χ2n) is 5.48. The molecule has 1 heterocycles. The van der Waals surface area contributed by atoms with Crippen molar-refractivity contribution in [1.29, 1.82) is 0 Å². The molecule has 26 heavy (non-hydrogen) atoms. The lowest BCUT2D eigenvalue weighted by molar-refractivity contribution is -0.274. The molecule has 0 bridgehead atoms. The van der Waals surface area contributed by atoms with Gasteiger partial charge in [0.15, 0.2) is 0 Å². The number of ether oxygens (including phenoxy) is 1. The summed E-state index contributed by atoms with van der Waals surface area (Å²) in [4.78, 5) is 25.5. The van der Waals surface area contributed by atoms with E-state index in [4.69, 9.17) is 4.52 Å². The molecule has 1 aromatic carbocycles. The molecule has 140 valence electrons. The van der Waals surface area contributed by atoms with Crippen molar-refractivity contribution in [1.82, 2.24) is 10.1 Å². The molecular formula is C16H16F3N3O4. The Morgan fingerprint density at radius 2 is 1.85 bits per heavy atom. The monoisotopic (exact) mass is 371 g/mol. The first kappa shape index (κ1) is 19.3. The van der Waals surface area contributed by atoms with E-state index >= 15 is 0 Å². The molecule has 2 rings (SSSR count). The number of alkyl halides is 3. The van der Waals surface area contributed by atoms with Gasteiger partial charge in [-0.1, -0.05) is 5.16 Å². The van der Waals surface area contributed by atoms with Crippen LogP contribution in [-0.4, -0.2) is 41.8 Å². The molecule has 1 aromatic heterocycles. The van der Waals surface area contributed by atoms with Gasteiger partial charge < -0.3 is 19.5 Å². The van der Waals surface area contributed by atoms with Gasteiger partial charge in [0, 0.05) is 12.7 Å². The number of benzene rings is 1. The average molecular weight is 371 g/mol. The van der Waals surface area contributed by atoms with Crippen molar-refractivity contribution in [2.24, 2.45) is 0 Å². The molecule has 7 nitrogen and oxygen atoms in total. The maximum Gasteiger partial charge on any atom is 0.573 e. The molecule has 0 unspecified atom stereocenters. The van der Waals surface area contributed by atoms with Crippen LogP contribution in [0.15, 0.2) is 28.8 Å². The minimum atomic E-state index is -4.79. The minimum Gasteiger partial charge on any atom is -0.406 e. The van der Waals surface area contributed by atoms with Gasteiger partial charge in [-0.05, 0) is 38.1 Å². The lowest BCUT2D eigenvalue weighted by Gasteiger charge is -2.16. The highest BCUT2D eigenvalue weighted by Gasteiger charge is 2.31. The van der Waals surface area contributed by atoms with E-state index in [0.29, 0.717) is 11.5 Å². The quantitative estimate of drug-likeness (QED) is 0.874. The molecule has 0 aliphatic heterocycles. The van der Waals surface area contributed by atoms with Crippen LogP contribution in [0.2, 0.25) is 0 Å². The first-order valence-corrected chi connectivity index (χ1v) is 7.41. The molecule has 0 saturated heterocycles. The molecule has 10 heteroatoms. The van der Waals surface area contributed by atoms with Gasteiger partial charge in [-0.25, -0.2) is 0 Å². The van der Waals surface area contributed by atoms with E-state index in [1.165, 1.54) is 24.1 Å². The average Bonchev–Trinajstić information content (AvgIpc) is 2.86. The van der Waals surface area contributed by atoms with E-state index in [1.807, 2.05) is 0 Å². The number of carbonyl (C=O) groups excluding carboxylic acids is 2. The largest absolute Gasteiger partial charge is 0.573 e. The number of likely N-dealkylation sites (N-methyl/N-ethyl adjacent to an activating group) is 1. The summed E-state index contributed by atoms with van der Waals surface area (Å²) >= 11 is 0. The fourth-order valence-corrected chi connectivity index (χ4v) is 2.21. The van der Waals surface area contributed by atoms with Crippen molar-refractivity contribution in [3.05, 3.63) is 41.3 Å². The third-order valence-corrected chi connectivity index (χ3v) is 3.35. The molecule has 2 aromatic rings. The summed E-state index contributed by atoms with van der Waals surface area (Å²) < 4.78 is 45.0. The van der Waals surface area contributed by atoms with Crippen molar-refractivity contribution >= 4 is 17.5 Å². The third kappa shape index (κ3) is 4.98. The molecule has 0 radical (unpaired) electrons. The number of hydrogen-bond donors (Lipinski definition) is 1. The van der Waals surface area contributed by atoms with Crippen LogP contribution in [0.1, 0.15) is 21.8 Å². The predicted molar refractivity (Wildman–Crippen MR) is 84.7 cm³/mol. The van der Waals surface area contributed by atoms with Crippen LogP contribution in [0, 0.1) is 13.8 Å². The molecule has 0 spiro atoms. The van der Waals surface area contributed by atoms with Crippen LogP contribution in [0.25, 0.3) is 0 Å². The Labute approximate surface area is 146 Å².